The molecule has 0 radical (unpaired) electrons. The van der Waals surface area contributed by atoms with Crippen molar-refractivity contribution < 1.29 is 9.72 Å². The zero-order chi connectivity index (χ0) is 16.3. The van der Waals surface area contributed by atoms with Gasteiger partial charge < -0.3 is 9.88 Å². The summed E-state index contributed by atoms with van der Waals surface area (Å²) in [6.45, 7) is 1.48. The Morgan fingerprint density at radius 2 is 2.14 bits per heavy atom. The summed E-state index contributed by atoms with van der Waals surface area (Å²) in [5, 5.41) is 13.2. The largest absolute Gasteiger partial charge is 0.324 e. The second kappa shape index (κ2) is 6.52. The van der Waals surface area contributed by atoms with E-state index in [-0.39, 0.29) is 17.8 Å². The van der Waals surface area contributed by atoms with E-state index < -0.39 is 10.8 Å². The predicted octanol–water partition coefficient (Wildman–Crippen LogP) is 2.47. The molecule has 22 heavy (non-hydrogen) atoms. The summed E-state index contributed by atoms with van der Waals surface area (Å²) in [5.41, 5.74) is 0.433. The van der Waals surface area contributed by atoms with Crippen LogP contribution in [0.5, 0.6) is 0 Å². The number of carbonyl (C=O) groups is 1. The summed E-state index contributed by atoms with van der Waals surface area (Å²) in [7, 11) is 0. The van der Waals surface area contributed by atoms with E-state index >= 15 is 0 Å². The molecule has 0 atom stereocenters. The number of nitro groups is 1. The van der Waals surface area contributed by atoms with Crippen LogP contribution in [-0.4, -0.2) is 15.4 Å². The first-order valence-corrected chi connectivity index (χ1v) is 7.07. The number of amides is 1. The lowest BCUT2D eigenvalue weighted by molar-refractivity contribution is -0.384. The molecule has 1 aromatic heterocycles. The summed E-state index contributed by atoms with van der Waals surface area (Å²) in [5.74, 6) is -0.444. The molecular formula is C14H12BrN3O4. The molecule has 2 rings (SSSR count). The first-order valence-electron chi connectivity index (χ1n) is 6.27. The van der Waals surface area contributed by atoms with Crippen LogP contribution < -0.4 is 10.9 Å². The second-order valence-electron chi connectivity index (χ2n) is 4.63. The average molecular weight is 366 g/mol. The number of aromatic nitrogens is 1. The Balaban J connectivity index is 2.16. The van der Waals surface area contributed by atoms with Crippen molar-refractivity contribution in [2.75, 3.05) is 5.32 Å². The number of non-ortho nitro benzene ring substituents is 1. The zero-order valence-electron chi connectivity index (χ0n) is 11.6. The topological polar surface area (TPSA) is 94.2 Å². The highest BCUT2D eigenvalue weighted by atomic mass is 79.9. The van der Waals surface area contributed by atoms with Crippen LogP contribution in [0.3, 0.4) is 0 Å². The van der Waals surface area contributed by atoms with Gasteiger partial charge in [0.25, 0.3) is 11.2 Å². The van der Waals surface area contributed by atoms with Gasteiger partial charge in [0.15, 0.2) is 0 Å². The molecule has 1 aromatic carbocycles. The summed E-state index contributed by atoms with van der Waals surface area (Å²) in [4.78, 5) is 34.1. The van der Waals surface area contributed by atoms with Gasteiger partial charge in [0.2, 0.25) is 5.91 Å². The number of benzene rings is 1. The van der Waals surface area contributed by atoms with E-state index in [0.717, 1.165) is 0 Å². The molecule has 0 unspecified atom stereocenters. The van der Waals surface area contributed by atoms with Crippen molar-refractivity contribution in [1.29, 1.82) is 0 Å². The molecule has 114 valence electrons. The molecule has 0 spiro atoms. The van der Waals surface area contributed by atoms with Crippen LogP contribution >= 0.6 is 15.9 Å². The second-order valence-corrected chi connectivity index (χ2v) is 5.55. The van der Waals surface area contributed by atoms with Crippen LogP contribution in [0.1, 0.15) is 5.56 Å². The fourth-order valence-corrected chi connectivity index (χ4v) is 2.50. The van der Waals surface area contributed by atoms with Gasteiger partial charge in [-0.15, -0.1) is 0 Å². The number of carbonyl (C=O) groups excluding carboxylic acids is 1. The van der Waals surface area contributed by atoms with E-state index in [1.807, 2.05) is 0 Å². The van der Waals surface area contributed by atoms with Gasteiger partial charge in [-0.2, -0.15) is 0 Å². The van der Waals surface area contributed by atoms with E-state index in [1.165, 1.54) is 29.0 Å². The lowest BCUT2D eigenvalue weighted by Crippen LogP contribution is -2.28. The summed E-state index contributed by atoms with van der Waals surface area (Å²) in [6, 6.07) is 7.27. The molecule has 1 amide bonds. The third-order valence-electron chi connectivity index (χ3n) is 2.89. The standard InChI is InChI=1S/C14H12BrN3O4/c1-9-5-10(15)7-17(14(9)20)8-13(19)16-11-3-2-4-12(6-11)18(21)22/h2-7H,8H2,1H3,(H,16,19). The van der Waals surface area contributed by atoms with E-state index in [1.54, 1.807) is 19.1 Å². The van der Waals surface area contributed by atoms with Crippen LogP contribution in [0, 0.1) is 17.0 Å². The number of anilines is 1. The number of nitrogens with one attached hydrogen (secondary N) is 1. The molecule has 0 aliphatic carbocycles. The molecule has 8 heteroatoms. The normalized spacial score (nSPS) is 10.3. The van der Waals surface area contributed by atoms with Crippen molar-refractivity contribution in [2.24, 2.45) is 0 Å². The molecule has 0 aliphatic rings. The molecule has 1 N–H and O–H groups in total. The van der Waals surface area contributed by atoms with Gasteiger partial charge >= 0.3 is 0 Å². The minimum absolute atomic E-state index is 0.117. The quantitative estimate of drug-likeness (QED) is 0.664. The third-order valence-corrected chi connectivity index (χ3v) is 3.32. The van der Waals surface area contributed by atoms with Crippen LogP contribution in [0.15, 0.2) is 45.8 Å². The minimum Gasteiger partial charge on any atom is -0.324 e. The fourth-order valence-electron chi connectivity index (χ4n) is 1.91. The summed E-state index contributed by atoms with van der Waals surface area (Å²) >= 11 is 3.26. The Bertz CT molecular complexity index is 801. The smallest absolute Gasteiger partial charge is 0.271 e. The summed E-state index contributed by atoms with van der Waals surface area (Å²) in [6.07, 6.45) is 1.52. The lowest BCUT2D eigenvalue weighted by Gasteiger charge is -2.08. The first-order chi connectivity index (χ1) is 10.4. The Hall–Kier alpha value is -2.48. The fraction of sp³-hybridized carbons (Fsp3) is 0.143. The van der Waals surface area contributed by atoms with Crippen LogP contribution in [0.25, 0.3) is 0 Å². The number of aryl methyl sites for hydroxylation is 1. The Kier molecular flexibility index (Phi) is 4.71. The van der Waals surface area contributed by atoms with E-state index in [9.17, 15) is 19.7 Å². The molecule has 0 fully saturated rings. The van der Waals surface area contributed by atoms with Gasteiger partial charge in [0, 0.05) is 34.1 Å². The number of hydrogen-bond donors (Lipinski definition) is 1. The number of rotatable bonds is 4. The van der Waals surface area contributed by atoms with Gasteiger partial charge in [0.05, 0.1) is 4.92 Å². The Morgan fingerprint density at radius 3 is 2.82 bits per heavy atom. The lowest BCUT2D eigenvalue weighted by atomic mass is 10.3. The predicted molar refractivity (Wildman–Crippen MR) is 84.9 cm³/mol. The number of halogens is 1. The number of pyridine rings is 1. The molecular weight excluding hydrogens is 354 g/mol. The highest BCUT2D eigenvalue weighted by Crippen LogP contribution is 2.17. The number of hydrogen-bond acceptors (Lipinski definition) is 4. The van der Waals surface area contributed by atoms with Gasteiger partial charge in [-0.25, -0.2) is 0 Å². The van der Waals surface area contributed by atoms with E-state index in [4.69, 9.17) is 0 Å². The highest BCUT2D eigenvalue weighted by molar-refractivity contribution is 9.10. The van der Waals surface area contributed by atoms with Crippen molar-refractivity contribution in [2.45, 2.75) is 13.5 Å². The van der Waals surface area contributed by atoms with Gasteiger partial charge in [-0.3, -0.25) is 19.7 Å². The Morgan fingerprint density at radius 1 is 1.41 bits per heavy atom. The molecule has 0 saturated heterocycles. The molecule has 0 saturated carbocycles. The van der Waals surface area contributed by atoms with Gasteiger partial charge in [-0.1, -0.05) is 6.07 Å². The maximum Gasteiger partial charge on any atom is 0.271 e. The van der Waals surface area contributed by atoms with Crippen LogP contribution in [-0.2, 0) is 11.3 Å². The molecule has 1 heterocycles. The molecule has 0 bridgehead atoms. The van der Waals surface area contributed by atoms with Gasteiger partial charge in [0.1, 0.15) is 6.54 Å². The zero-order valence-corrected chi connectivity index (χ0v) is 13.2. The van der Waals surface area contributed by atoms with Crippen LogP contribution in [0.4, 0.5) is 11.4 Å². The number of nitro benzene ring substituents is 1. The molecule has 7 nitrogen and oxygen atoms in total. The van der Waals surface area contributed by atoms with E-state index in [0.29, 0.717) is 15.7 Å². The van der Waals surface area contributed by atoms with Crippen molar-refractivity contribution in [1.82, 2.24) is 4.57 Å². The maximum atomic E-state index is 12.0. The molecule has 2 aromatic rings. The van der Waals surface area contributed by atoms with Crippen molar-refractivity contribution in [3.8, 4) is 0 Å². The highest BCUT2D eigenvalue weighted by Gasteiger charge is 2.10. The van der Waals surface area contributed by atoms with Crippen LogP contribution in [0.2, 0.25) is 0 Å². The average Bonchev–Trinajstić information content (AvgIpc) is 2.44. The van der Waals surface area contributed by atoms with Gasteiger partial charge in [-0.05, 0) is 35.0 Å². The number of nitrogens with zero attached hydrogens (tertiary/aromatic N) is 2. The Labute approximate surface area is 133 Å². The summed E-state index contributed by atoms with van der Waals surface area (Å²) < 4.78 is 1.96. The minimum atomic E-state index is -0.544. The van der Waals surface area contributed by atoms with Crippen molar-refractivity contribution >= 4 is 33.2 Å². The maximum absolute atomic E-state index is 12.0. The van der Waals surface area contributed by atoms with Crippen molar-refractivity contribution in [3.05, 3.63) is 67.0 Å². The SMILES string of the molecule is Cc1cc(Br)cn(CC(=O)Nc2cccc([N+](=O)[O-])c2)c1=O. The monoisotopic (exact) mass is 365 g/mol. The van der Waals surface area contributed by atoms with E-state index in [2.05, 4.69) is 21.2 Å². The third kappa shape index (κ3) is 3.79. The van der Waals surface area contributed by atoms with Crippen molar-refractivity contribution in [3.63, 3.8) is 0 Å². The first kappa shape index (κ1) is 15.9. The molecule has 0 aliphatic heterocycles.